The van der Waals surface area contributed by atoms with Crippen LogP contribution in [0.2, 0.25) is 0 Å². The normalized spacial score (nSPS) is 15.4. The molecule has 0 radical (unpaired) electrons. The van der Waals surface area contributed by atoms with Crippen molar-refractivity contribution in [2.45, 2.75) is 40.3 Å². The molecule has 92 valence electrons. The summed E-state index contributed by atoms with van der Waals surface area (Å²) in [6.45, 7) is 11.0. The van der Waals surface area contributed by atoms with Crippen molar-refractivity contribution in [1.82, 2.24) is 15.1 Å². The molecule has 1 aromatic heterocycles. The van der Waals surface area contributed by atoms with Crippen LogP contribution >= 0.6 is 15.9 Å². The summed E-state index contributed by atoms with van der Waals surface area (Å²) in [6, 6.07) is 0.452. The van der Waals surface area contributed by atoms with Gasteiger partial charge in [-0.25, -0.2) is 0 Å². The van der Waals surface area contributed by atoms with Gasteiger partial charge in [0.1, 0.15) is 0 Å². The van der Waals surface area contributed by atoms with E-state index in [2.05, 4.69) is 54.0 Å². The minimum atomic E-state index is 0.452. The van der Waals surface area contributed by atoms with Gasteiger partial charge in [-0.3, -0.25) is 4.68 Å². The fourth-order valence-electron chi connectivity index (χ4n) is 1.41. The van der Waals surface area contributed by atoms with E-state index < -0.39 is 0 Å². The quantitative estimate of drug-likeness (QED) is 0.872. The topological polar surface area (TPSA) is 29.9 Å². The lowest BCUT2D eigenvalue weighted by Gasteiger charge is -2.20. The summed E-state index contributed by atoms with van der Waals surface area (Å²) in [5, 5.41) is 7.79. The maximum atomic E-state index is 4.25. The van der Waals surface area contributed by atoms with Crippen molar-refractivity contribution in [2.75, 3.05) is 6.54 Å². The van der Waals surface area contributed by atoms with E-state index in [0.29, 0.717) is 12.0 Å². The highest BCUT2D eigenvalue weighted by atomic mass is 79.9. The number of nitrogens with one attached hydrogen (secondary N) is 1. The fourth-order valence-corrected chi connectivity index (χ4v) is 1.73. The highest BCUT2D eigenvalue weighted by Gasteiger charge is 2.09. The summed E-state index contributed by atoms with van der Waals surface area (Å²) in [7, 11) is 0. The molecule has 0 aromatic carbocycles. The summed E-state index contributed by atoms with van der Waals surface area (Å²) in [5.74, 6) is 1.45. The number of rotatable bonds is 6. The monoisotopic (exact) mass is 287 g/mol. The van der Waals surface area contributed by atoms with E-state index in [1.807, 2.05) is 17.1 Å². The maximum absolute atomic E-state index is 4.25. The lowest BCUT2D eigenvalue weighted by atomic mass is 9.98. The van der Waals surface area contributed by atoms with Crippen LogP contribution < -0.4 is 5.32 Å². The van der Waals surface area contributed by atoms with E-state index in [1.54, 1.807) is 0 Å². The zero-order valence-corrected chi connectivity index (χ0v) is 12.2. The third-order valence-electron chi connectivity index (χ3n) is 2.99. The SMILES string of the molecule is CC(Cn1cc(Br)cn1)NCC(C)C(C)C. The van der Waals surface area contributed by atoms with Crippen LogP contribution in [0.3, 0.4) is 0 Å². The van der Waals surface area contributed by atoms with Crippen molar-refractivity contribution < 1.29 is 0 Å². The summed E-state index contributed by atoms with van der Waals surface area (Å²) in [4.78, 5) is 0. The Bertz CT molecular complexity index is 309. The molecule has 0 amide bonds. The molecule has 1 aromatic rings. The molecule has 0 spiro atoms. The number of hydrogen-bond donors (Lipinski definition) is 1. The highest BCUT2D eigenvalue weighted by Crippen LogP contribution is 2.09. The summed E-state index contributed by atoms with van der Waals surface area (Å²) in [6.07, 6.45) is 3.83. The average Bonchev–Trinajstić information content (AvgIpc) is 2.60. The molecule has 0 aliphatic rings. The number of halogens is 1. The number of nitrogens with zero attached hydrogens (tertiary/aromatic N) is 2. The Morgan fingerprint density at radius 2 is 2.06 bits per heavy atom. The molecule has 3 nitrogen and oxygen atoms in total. The zero-order valence-electron chi connectivity index (χ0n) is 10.6. The molecular weight excluding hydrogens is 266 g/mol. The molecule has 0 aliphatic carbocycles. The largest absolute Gasteiger partial charge is 0.312 e. The van der Waals surface area contributed by atoms with Gasteiger partial charge in [0.2, 0.25) is 0 Å². The van der Waals surface area contributed by atoms with Gasteiger partial charge >= 0.3 is 0 Å². The van der Waals surface area contributed by atoms with Crippen molar-refractivity contribution in [3.63, 3.8) is 0 Å². The van der Waals surface area contributed by atoms with Gasteiger partial charge in [-0.05, 0) is 41.2 Å². The van der Waals surface area contributed by atoms with Gasteiger partial charge < -0.3 is 5.32 Å². The zero-order chi connectivity index (χ0) is 12.1. The van der Waals surface area contributed by atoms with Gasteiger partial charge in [-0.15, -0.1) is 0 Å². The molecule has 4 heteroatoms. The van der Waals surface area contributed by atoms with E-state index in [1.165, 1.54) is 0 Å². The fraction of sp³-hybridized carbons (Fsp3) is 0.750. The highest BCUT2D eigenvalue weighted by molar-refractivity contribution is 9.10. The van der Waals surface area contributed by atoms with Crippen LogP contribution in [0.4, 0.5) is 0 Å². The smallest absolute Gasteiger partial charge is 0.0632 e. The third kappa shape index (κ3) is 4.66. The first kappa shape index (κ1) is 13.7. The van der Waals surface area contributed by atoms with Crippen LogP contribution in [0, 0.1) is 11.8 Å². The lowest BCUT2D eigenvalue weighted by Crippen LogP contribution is -2.35. The number of aromatic nitrogens is 2. The average molecular weight is 288 g/mol. The van der Waals surface area contributed by atoms with E-state index in [-0.39, 0.29) is 0 Å². The lowest BCUT2D eigenvalue weighted by molar-refractivity contribution is 0.355. The van der Waals surface area contributed by atoms with Gasteiger partial charge in [0.15, 0.2) is 0 Å². The van der Waals surface area contributed by atoms with Gasteiger partial charge in [0.25, 0.3) is 0 Å². The van der Waals surface area contributed by atoms with Crippen molar-refractivity contribution in [3.05, 3.63) is 16.9 Å². The molecule has 0 fully saturated rings. The second kappa shape index (κ2) is 6.40. The molecule has 16 heavy (non-hydrogen) atoms. The summed E-state index contributed by atoms with van der Waals surface area (Å²) >= 11 is 3.40. The molecule has 2 atom stereocenters. The van der Waals surface area contributed by atoms with Gasteiger partial charge in [0, 0.05) is 12.2 Å². The van der Waals surface area contributed by atoms with Crippen LogP contribution in [0.15, 0.2) is 16.9 Å². The van der Waals surface area contributed by atoms with Gasteiger partial charge in [-0.1, -0.05) is 20.8 Å². The second-order valence-electron chi connectivity index (χ2n) is 4.91. The van der Waals surface area contributed by atoms with E-state index in [0.717, 1.165) is 23.5 Å². The van der Waals surface area contributed by atoms with E-state index in [4.69, 9.17) is 0 Å². The van der Waals surface area contributed by atoms with Crippen LogP contribution in [-0.2, 0) is 6.54 Å². The first-order chi connectivity index (χ1) is 7.49. The van der Waals surface area contributed by atoms with Crippen molar-refractivity contribution in [3.8, 4) is 0 Å². The Balaban J connectivity index is 2.28. The van der Waals surface area contributed by atoms with E-state index >= 15 is 0 Å². The molecule has 2 unspecified atom stereocenters. The molecule has 0 bridgehead atoms. The third-order valence-corrected chi connectivity index (χ3v) is 3.40. The Kier molecular flexibility index (Phi) is 5.49. The minimum Gasteiger partial charge on any atom is -0.312 e. The first-order valence-electron chi connectivity index (χ1n) is 5.90. The molecule has 1 heterocycles. The summed E-state index contributed by atoms with van der Waals surface area (Å²) in [5.41, 5.74) is 0. The molecule has 1 N–H and O–H groups in total. The molecule has 0 saturated carbocycles. The Morgan fingerprint density at radius 3 is 2.56 bits per heavy atom. The van der Waals surface area contributed by atoms with Crippen LogP contribution in [0.1, 0.15) is 27.7 Å². The van der Waals surface area contributed by atoms with Gasteiger partial charge in [0.05, 0.1) is 17.2 Å². The Hall–Kier alpha value is -0.350. The summed E-state index contributed by atoms with van der Waals surface area (Å²) < 4.78 is 3.00. The van der Waals surface area contributed by atoms with Crippen LogP contribution in [0.5, 0.6) is 0 Å². The van der Waals surface area contributed by atoms with Crippen molar-refractivity contribution >= 4 is 15.9 Å². The first-order valence-corrected chi connectivity index (χ1v) is 6.69. The Morgan fingerprint density at radius 1 is 1.38 bits per heavy atom. The molecule has 0 saturated heterocycles. The second-order valence-corrected chi connectivity index (χ2v) is 5.83. The van der Waals surface area contributed by atoms with Crippen molar-refractivity contribution in [2.24, 2.45) is 11.8 Å². The standard InChI is InChI=1S/C12H22BrN3/c1-9(2)10(3)5-14-11(4)7-16-8-12(13)6-15-16/h6,8-11,14H,5,7H2,1-4H3. The van der Waals surface area contributed by atoms with Crippen molar-refractivity contribution in [1.29, 1.82) is 0 Å². The Labute approximate surface area is 107 Å². The van der Waals surface area contributed by atoms with Crippen LogP contribution in [0.25, 0.3) is 0 Å². The molecule has 0 aliphatic heterocycles. The minimum absolute atomic E-state index is 0.452. The molecule has 1 rings (SSSR count). The van der Waals surface area contributed by atoms with Crippen LogP contribution in [-0.4, -0.2) is 22.4 Å². The molecular formula is C12H22BrN3. The predicted molar refractivity (Wildman–Crippen MR) is 71.4 cm³/mol. The van der Waals surface area contributed by atoms with E-state index in [9.17, 15) is 0 Å². The maximum Gasteiger partial charge on any atom is 0.0632 e. The number of hydrogen-bond acceptors (Lipinski definition) is 2. The predicted octanol–water partition coefficient (Wildman–Crippen LogP) is 2.92. The van der Waals surface area contributed by atoms with Gasteiger partial charge in [-0.2, -0.15) is 5.10 Å².